The van der Waals surface area contributed by atoms with E-state index in [1.165, 1.54) is 30.4 Å². The summed E-state index contributed by atoms with van der Waals surface area (Å²) in [6.07, 6.45) is 5.51. The molecule has 1 aromatic heterocycles. The van der Waals surface area contributed by atoms with Crippen molar-refractivity contribution in [2.75, 3.05) is 23.3 Å². The third-order valence-electron chi connectivity index (χ3n) is 4.79. The predicted molar refractivity (Wildman–Crippen MR) is 110 cm³/mol. The molecular formula is C19H24Cl2N4O. The highest BCUT2D eigenvalue weighted by molar-refractivity contribution is 6.04. The number of pyridine rings is 1. The largest absolute Gasteiger partial charge is 0.357 e. The zero-order valence-corrected chi connectivity index (χ0v) is 16.2. The first kappa shape index (κ1) is 20.5. The molecule has 2 N–H and O–H groups in total. The summed E-state index contributed by atoms with van der Waals surface area (Å²) in [5.41, 5.74) is 3.91. The topological polar surface area (TPSA) is 57.3 Å². The van der Waals surface area contributed by atoms with Gasteiger partial charge < -0.3 is 15.5 Å². The van der Waals surface area contributed by atoms with Crippen LogP contribution in [-0.2, 0) is 13.1 Å². The van der Waals surface area contributed by atoms with Crippen molar-refractivity contribution >= 4 is 42.2 Å². The Hall–Kier alpha value is -1.82. The molecule has 5 nitrogen and oxygen atoms in total. The third kappa shape index (κ3) is 4.47. The van der Waals surface area contributed by atoms with Crippen molar-refractivity contribution in [2.24, 2.45) is 0 Å². The maximum atomic E-state index is 12.4. The van der Waals surface area contributed by atoms with Gasteiger partial charge in [0.2, 0.25) is 0 Å². The fourth-order valence-corrected chi connectivity index (χ4v) is 3.41. The number of hydrogen-bond donors (Lipinski definition) is 2. The summed E-state index contributed by atoms with van der Waals surface area (Å²) < 4.78 is 0. The molecule has 1 saturated heterocycles. The summed E-state index contributed by atoms with van der Waals surface area (Å²) in [6.45, 7) is 3.87. The van der Waals surface area contributed by atoms with E-state index < -0.39 is 0 Å². The maximum Gasteiger partial charge on any atom is 0.255 e. The number of nitrogens with one attached hydrogen (secondary N) is 2. The van der Waals surface area contributed by atoms with Crippen molar-refractivity contribution in [3.63, 3.8) is 0 Å². The van der Waals surface area contributed by atoms with Gasteiger partial charge >= 0.3 is 0 Å². The van der Waals surface area contributed by atoms with Crippen LogP contribution in [0.15, 0.2) is 36.5 Å². The number of amides is 1. The molecule has 1 amide bonds. The Labute approximate surface area is 166 Å². The lowest BCUT2D eigenvalue weighted by Gasteiger charge is -2.27. The molecule has 3 heterocycles. The van der Waals surface area contributed by atoms with Crippen LogP contribution < -0.4 is 15.5 Å². The van der Waals surface area contributed by atoms with E-state index in [1.807, 2.05) is 30.3 Å². The van der Waals surface area contributed by atoms with Gasteiger partial charge in [-0.05, 0) is 54.7 Å². The Morgan fingerprint density at radius 1 is 1.00 bits per heavy atom. The first-order valence-electron chi connectivity index (χ1n) is 8.64. The lowest BCUT2D eigenvalue weighted by molar-refractivity contribution is 0.102. The van der Waals surface area contributed by atoms with Crippen LogP contribution in [0.4, 0.5) is 11.5 Å². The summed E-state index contributed by atoms with van der Waals surface area (Å²) in [5.74, 6) is 0.911. The van der Waals surface area contributed by atoms with E-state index in [1.54, 1.807) is 6.20 Å². The number of aromatic nitrogens is 1. The second-order valence-electron chi connectivity index (χ2n) is 6.49. The van der Waals surface area contributed by atoms with Crippen molar-refractivity contribution < 1.29 is 4.79 Å². The van der Waals surface area contributed by atoms with Gasteiger partial charge in [-0.25, -0.2) is 4.98 Å². The van der Waals surface area contributed by atoms with Crippen LogP contribution in [0.5, 0.6) is 0 Å². The fraction of sp³-hybridized carbons (Fsp3) is 0.368. The first-order chi connectivity index (χ1) is 11.8. The molecular weight excluding hydrogens is 371 g/mol. The average molecular weight is 395 g/mol. The monoisotopic (exact) mass is 394 g/mol. The van der Waals surface area contributed by atoms with Crippen LogP contribution in [0.2, 0.25) is 0 Å². The van der Waals surface area contributed by atoms with Gasteiger partial charge in [-0.3, -0.25) is 4.79 Å². The van der Waals surface area contributed by atoms with Gasteiger partial charge in [-0.2, -0.15) is 0 Å². The first-order valence-corrected chi connectivity index (χ1v) is 8.64. The number of carbonyl (C=O) groups excluding carboxylic acids is 1. The minimum Gasteiger partial charge on any atom is -0.357 e. The summed E-state index contributed by atoms with van der Waals surface area (Å²) in [6, 6.07) is 9.82. The van der Waals surface area contributed by atoms with E-state index in [0.717, 1.165) is 37.7 Å². The number of halogens is 2. The highest BCUT2D eigenvalue weighted by atomic mass is 35.5. The minimum absolute atomic E-state index is 0. The molecule has 4 rings (SSSR count). The molecule has 0 radical (unpaired) electrons. The number of piperidine rings is 1. The summed E-state index contributed by atoms with van der Waals surface area (Å²) in [4.78, 5) is 19.2. The van der Waals surface area contributed by atoms with E-state index >= 15 is 0 Å². The lowest BCUT2D eigenvalue weighted by Crippen LogP contribution is -2.30. The zero-order valence-electron chi connectivity index (χ0n) is 14.5. The lowest BCUT2D eigenvalue weighted by atomic mass is 10.1. The van der Waals surface area contributed by atoms with Gasteiger partial charge in [0.05, 0.1) is 11.9 Å². The van der Waals surface area contributed by atoms with E-state index in [4.69, 9.17) is 0 Å². The molecule has 1 aromatic carbocycles. The van der Waals surface area contributed by atoms with Crippen LogP contribution in [0.25, 0.3) is 0 Å². The van der Waals surface area contributed by atoms with Crippen LogP contribution in [0, 0.1) is 0 Å². The van der Waals surface area contributed by atoms with Crippen molar-refractivity contribution in [1.82, 2.24) is 10.3 Å². The van der Waals surface area contributed by atoms with Crippen molar-refractivity contribution in [1.29, 1.82) is 0 Å². The second-order valence-corrected chi connectivity index (χ2v) is 6.49. The summed E-state index contributed by atoms with van der Waals surface area (Å²) in [5, 5.41) is 6.23. The molecule has 2 aliphatic rings. The Morgan fingerprint density at radius 3 is 2.50 bits per heavy atom. The number of carbonyl (C=O) groups is 1. The van der Waals surface area contributed by atoms with E-state index in [9.17, 15) is 4.79 Å². The zero-order chi connectivity index (χ0) is 16.4. The van der Waals surface area contributed by atoms with Crippen molar-refractivity contribution in [3.05, 3.63) is 53.2 Å². The molecule has 2 aliphatic heterocycles. The van der Waals surface area contributed by atoms with Gasteiger partial charge in [0.25, 0.3) is 5.91 Å². The predicted octanol–water partition coefficient (Wildman–Crippen LogP) is 3.77. The van der Waals surface area contributed by atoms with Crippen LogP contribution in [-0.4, -0.2) is 24.0 Å². The van der Waals surface area contributed by atoms with E-state index in [-0.39, 0.29) is 30.7 Å². The van der Waals surface area contributed by atoms with Gasteiger partial charge in [0.15, 0.2) is 0 Å². The number of anilines is 2. The van der Waals surface area contributed by atoms with Crippen LogP contribution in [0.1, 0.15) is 40.7 Å². The SMILES string of the molecule is Cl.Cl.O=C(Nc1ccc(N2CCCCC2)nc1)c1ccc2c(c1)CNC2. The molecule has 1 fully saturated rings. The normalized spacial score (nSPS) is 15.5. The van der Waals surface area contributed by atoms with Crippen molar-refractivity contribution in [2.45, 2.75) is 32.4 Å². The smallest absolute Gasteiger partial charge is 0.255 e. The highest BCUT2D eigenvalue weighted by Crippen LogP contribution is 2.20. The molecule has 0 bridgehead atoms. The number of nitrogens with zero attached hydrogens (tertiary/aromatic N) is 2. The standard InChI is InChI=1S/C19H22N4O.2ClH/c24-19(14-4-5-15-11-20-12-16(15)10-14)22-17-6-7-18(21-13-17)23-8-2-1-3-9-23;;/h4-7,10,13,20H,1-3,8-9,11-12H2,(H,22,24);2*1H. The fourth-order valence-electron chi connectivity index (χ4n) is 3.41. The molecule has 0 saturated carbocycles. The molecule has 0 aliphatic carbocycles. The third-order valence-corrected chi connectivity index (χ3v) is 4.79. The van der Waals surface area contributed by atoms with Gasteiger partial charge in [0.1, 0.15) is 5.82 Å². The van der Waals surface area contributed by atoms with Crippen molar-refractivity contribution in [3.8, 4) is 0 Å². The van der Waals surface area contributed by atoms with Gasteiger partial charge in [-0.1, -0.05) is 6.07 Å². The van der Waals surface area contributed by atoms with E-state index in [2.05, 4.69) is 20.5 Å². The van der Waals surface area contributed by atoms with Crippen LogP contribution in [0.3, 0.4) is 0 Å². The van der Waals surface area contributed by atoms with Crippen LogP contribution >= 0.6 is 24.8 Å². The Kier molecular flexibility index (Phi) is 7.26. The average Bonchev–Trinajstić information content (AvgIpc) is 3.11. The Balaban J connectivity index is 0.00000121. The quantitative estimate of drug-likeness (QED) is 0.831. The Bertz CT molecular complexity index is 746. The second kappa shape index (κ2) is 9.21. The summed E-state index contributed by atoms with van der Waals surface area (Å²) in [7, 11) is 0. The van der Waals surface area contributed by atoms with Gasteiger partial charge in [-0.15, -0.1) is 24.8 Å². The maximum absolute atomic E-state index is 12.4. The highest BCUT2D eigenvalue weighted by Gasteiger charge is 2.15. The Morgan fingerprint density at radius 2 is 1.77 bits per heavy atom. The van der Waals surface area contributed by atoms with Gasteiger partial charge in [0, 0.05) is 31.7 Å². The molecule has 140 valence electrons. The molecule has 0 atom stereocenters. The molecule has 26 heavy (non-hydrogen) atoms. The summed E-state index contributed by atoms with van der Waals surface area (Å²) >= 11 is 0. The minimum atomic E-state index is -0.0859. The number of rotatable bonds is 3. The number of benzene rings is 1. The molecule has 7 heteroatoms. The molecule has 0 spiro atoms. The molecule has 2 aromatic rings. The number of fused-ring (bicyclic) bond motifs is 1. The number of hydrogen-bond acceptors (Lipinski definition) is 4. The molecule has 0 unspecified atom stereocenters. The van der Waals surface area contributed by atoms with E-state index in [0.29, 0.717) is 5.56 Å².